The van der Waals surface area contributed by atoms with Crippen LogP contribution >= 0.6 is 0 Å². The van der Waals surface area contributed by atoms with Gasteiger partial charge in [0.15, 0.2) is 0 Å². The first-order chi connectivity index (χ1) is 19.3. The molecule has 1 aliphatic heterocycles. The first-order valence-corrected chi connectivity index (χ1v) is 15.1. The smallest absolute Gasteiger partial charge is 0.269 e. The molecule has 0 saturated carbocycles. The topological polar surface area (TPSA) is 104 Å². The van der Waals surface area contributed by atoms with E-state index in [1.165, 1.54) is 12.1 Å². The number of hydrogen-bond acceptors (Lipinski definition) is 5. The predicted molar refractivity (Wildman–Crippen MR) is 153 cm³/mol. The number of sulfonamides is 1. The van der Waals surface area contributed by atoms with Crippen molar-refractivity contribution in [2.24, 2.45) is 0 Å². The van der Waals surface area contributed by atoms with Crippen molar-refractivity contribution >= 4 is 27.7 Å². The van der Waals surface area contributed by atoms with Gasteiger partial charge in [0.25, 0.3) is 15.9 Å². The molecule has 1 heterocycles. The zero-order valence-electron chi connectivity index (χ0n) is 22.7. The van der Waals surface area contributed by atoms with Crippen molar-refractivity contribution in [1.82, 2.24) is 14.5 Å². The summed E-state index contributed by atoms with van der Waals surface area (Å²) >= 11 is 0. The lowest BCUT2D eigenvalue weighted by atomic mass is 10.0. The highest BCUT2D eigenvalue weighted by Crippen LogP contribution is 2.30. The van der Waals surface area contributed by atoms with Crippen LogP contribution in [0, 0.1) is 0 Å². The molecular formula is C31H35N3O5S. The van der Waals surface area contributed by atoms with Crippen molar-refractivity contribution in [3.63, 3.8) is 0 Å². The number of carbonyl (C=O) groups excluding carboxylic acids is 3. The van der Waals surface area contributed by atoms with Gasteiger partial charge >= 0.3 is 0 Å². The van der Waals surface area contributed by atoms with Gasteiger partial charge in [-0.05, 0) is 36.1 Å². The Hall–Kier alpha value is -3.98. The maximum absolute atomic E-state index is 13.7. The molecule has 3 aromatic carbocycles. The molecule has 0 bridgehead atoms. The summed E-state index contributed by atoms with van der Waals surface area (Å²) in [5.41, 5.74) is 1.95. The molecule has 0 unspecified atom stereocenters. The van der Waals surface area contributed by atoms with E-state index in [0.29, 0.717) is 13.0 Å². The molecule has 1 atom stereocenters. The van der Waals surface area contributed by atoms with Crippen LogP contribution < -0.4 is 5.32 Å². The van der Waals surface area contributed by atoms with Crippen molar-refractivity contribution in [2.45, 2.75) is 56.5 Å². The van der Waals surface area contributed by atoms with Crippen LogP contribution in [-0.2, 0) is 32.6 Å². The van der Waals surface area contributed by atoms with E-state index in [2.05, 4.69) is 5.32 Å². The predicted octanol–water partition coefficient (Wildman–Crippen LogP) is 4.17. The van der Waals surface area contributed by atoms with Crippen LogP contribution in [0.1, 0.15) is 54.1 Å². The van der Waals surface area contributed by atoms with Gasteiger partial charge in [0, 0.05) is 32.5 Å². The normalized spacial score (nSPS) is 14.4. The zero-order valence-corrected chi connectivity index (χ0v) is 23.5. The summed E-state index contributed by atoms with van der Waals surface area (Å²) in [4.78, 5) is 41.6. The Morgan fingerprint density at radius 3 is 2.15 bits per heavy atom. The molecule has 3 amide bonds. The van der Waals surface area contributed by atoms with Gasteiger partial charge in [-0.1, -0.05) is 86.1 Å². The average molecular weight is 562 g/mol. The Morgan fingerprint density at radius 1 is 0.875 bits per heavy atom. The molecule has 1 N–H and O–H groups in total. The van der Waals surface area contributed by atoms with Crippen molar-refractivity contribution in [3.8, 4) is 0 Å². The highest BCUT2D eigenvalue weighted by Gasteiger charge is 2.40. The molecule has 0 fully saturated rings. The third kappa shape index (κ3) is 6.77. The quantitative estimate of drug-likeness (QED) is 0.316. The van der Waals surface area contributed by atoms with Crippen molar-refractivity contribution < 1.29 is 22.8 Å². The Labute approximate surface area is 236 Å². The fourth-order valence-electron chi connectivity index (χ4n) is 4.81. The maximum atomic E-state index is 13.7. The van der Waals surface area contributed by atoms with E-state index in [9.17, 15) is 22.8 Å². The van der Waals surface area contributed by atoms with Gasteiger partial charge < -0.3 is 10.2 Å². The second kappa shape index (κ2) is 13.4. The van der Waals surface area contributed by atoms with Gasteiger partial charge in [0.2, 0.25) is 11.8 Å². The summed E-state index contributed by atoms with van der Waals surface area (Å²) in [7, 11) is -3.95. The number of rotatable bonds is 13. The van der Waals surface area contributed by atoms with Gasteiger partial charge in [-0.2, -0.15) is 0 Å². The summed E-state index contributed by atoms with van der Waals surface area (Å²) in [6, 6.07) is 24.4. The van der Waals surface area contributed by atoms with Crippen LogP contribution in [0.3, 0.4) is 0 Å². The number of benzene rings is 3. The van der Waals surface area contributed by atoms with E-state index in [4.69, 9.17) is 0 Å². The van der Waals surface area contributed by atoms with Gasteiger partial charge in [-0.15, -0.1) is 0 Å². The summed E-state index contributed by atoms with van der Waals surface area (Å²) in [6.07, 6.45) is 2.22. The Bertz CT molecular complexity index is 1430. The largest absolute Gasteiger partial charge is 0.354 e. The second-order valence-electron chi connectivity index (χ2n) is 9.84. The number of carbonyl (C=O) groups is 3. The molecule has 0 saturated heterocycles. The summed E-state index contributed by atoms with van der Waals surface area (Å²) in [5, 5.41) is 2.99. The van der Waals surface area contributed by atoms with E-state index in [1.807, 2.05) is 67.6 Å². The molecule has 3 aromatic rings. The first-order valence-electron chi connectivity index (χ1n) is 13.6. The number of nitrogens with one attached hydrogen (secondary N) is 1. The van der Waals surface area contributed by atoms with Gasteiger partial charge in [-0.3, -0.25) is 14.4 Å². The highest BCUT2D eigenvalue weighted by atomic mass is 32.2. The van der Waals surface area contributed by atoms with Crippen molar-refractivity contribution in [3.05, 3.63) is 102 Å². The van der Waals surface area contributed by atoms with E-state index in [-0.39, 0.29) is 48.2 Å². The van der Waals surface area contributed by atoms with Crippen LogP contribution in [0.15, 0.2) is 89.8 Å². The second-order valence-corrected chi connectivity index (χ2v) is 11.7. The fourth-order valence-corrected chi connectivity index (χ4v) is 6.42. The van der Waals surface area contributed by atoms with Crippen LogP contribution in [0.4, 0.5) is 0 Å². The highest BCUT2D eigenvalue weighted by molar-refractivity contribution is 7.90. The Kier molecular flexibility index (Phi) is 9.71. The lowest BCUT2D eigenvalue weighted by Gasteiger charge is -2.32. The van der Waals surface area contributed by atoms with Crippen LogP contribution in [-0.4, -0.2) is 54.5 Å². The lowest BCUT2D eigenvalue weighted by molar-refractivity contribution is -0.141. The van der Waals surface area contributed by atoms with E-state index < -0.39 is 22.0 Å². The van der Waals surface area contributed by atoms with Crippen molar-refractivity contribution in [1.29, 1.82) is 0 Å². The number of nitrogens with zero attached hydrogens (tertiary/aromatic N) is 2. The number of amides is 3. The molecular weight excluding hydrogens is 526 g/mol. The minimum Gasteiger partial charge on any atom is -0.354 e. The molecule has 210 valence electrons. The molecule has 40 heavy (non-hydrogen) atoms. The maximum Gasteiger partial charge on any atom is 0.269 e. The van der Waals surface area contributed by atoms with Gasteiger partial charge in [0.1, 0.15) is 10.9 Å². The monoisotopic (exact) mass is 561 g/mol. The molecule has 0 radical (unpaired) electrons. The van der Waals surface area contributed by atoms with Crippen LogP contribution in [0.5, 0.6) is 0 Å². The number of hydrogen-bond donors (Lipinski definition) is 1. The summed E-state index contributed by atoms with van der Waals surface area (Å²) < 4.78 is 26.7. The minimum absolute atomic E-state index is 0.0105. The third-order valence-electron chi connectivity index (χ3n) is 6.96. The average Bonchev–Trinajstić information content (AvgIpc) is 3.16. The Morgan fingerprint density at radius 2 is 1.50 bits per heavy atom. The SMILES string of the molecule is CCCCNC(=O)[C@@H](Cc1ccccc1)N(Cc1ccccc1)C(=O)CCCN1C(=O)c2ccccc2S1(=O)=O. The van der Waals surface area contributed by atoms with Crippen LogP contribution in [0.2, 0.25) is 0 Å². The molecule has 0 spiro atoms. The fraction of sp³-hybridized carbons (Fsp3) is 0.323. The van der Waals surface area contributed by atoms with Crippen LogP contribution in [0.25, 0.3) is 0 Å². The molecule has 0 aromatic heterocycles. The number of unbranched alkanes of at least 4 members (excludes halogenated alkanes) is 1. The number of fused-ring (bicyclic) bond motifs is 1. The molecule has 9 heteroatoms. The molecule has 4 rings (SSSR count). The van der Waals surface area contributed by atoms with E-state index in [0.717, 1.165) is 28.3 Å². The molecule has 1 aliphatic rings. The molecule has 0 aliphatic carbocycles. The standard InChI is InChI=1S/C31H35N3O5S/c1-2-3-20-32-30(36)27(22-24-13-6-4-7-14-24)33(23-25-15-8-5-9-16-25)29(35)19-12-21-34-31(37)26-17-10-11-18-28(26)40(34,38)39/h4-11,13-18,27H,2-3,12,19-23H2,1H3,(H,32,36)/t27-/m1/s1. The summed E-state index contributed by atoms with van der Waals surface area (Å²) in [5.74, 6) is -1.09. The van der Waals surface area contributed by atoms with Gasteiger partial charge in [0.05, 0.1) is 5.56 Å². The van der Waals surface area contributed by atoms with Gasteiger partial charge in [-0.25, -0.2) is 12.7 Å². The third-order valence-corrected chi connectivity index (χ3v) is 8.80. The van der Waals surface area contributed by atoms with Crippen molar-refractivity contribution in [2.75, 3.05) is 13.1 Å². The Balaban J connectivity index is 1.54. The lowest BCUT2D eigenvalue weighted by Crippen LogP contribution is -2.50. The first kappa shape index (κ1) is 29.0. The summed E-state index contributed by atoms with van der Waals surface area (Å²) in [6.45, 7) is 2.67. The van der Waals surface area contributed by atoms with E-state index in [1.54, 1.807) is 17.0 Å². The zero-order chi connectivity index (χ0) is 28.5. The van der Waals surface area contributed by atoms with E-state index >= 15 is 0 Å². The molecule has 8 nitrogen and oxygen atoms in total. The minimum atomic E-state index is -3.95.